The van der Waals surface area contributed by atoms with Crippen molar-refractivity contribution in [1.82, 2.24) is 15.3 Å². The van der Waals surface area contributed by atoms with E-state index in [1.165, 1.54) is 5.56 Å². The number of piperidine rings is 1. The maximum atomic E-state index is 12.2. The summed E-state index contributed by atoms with van der Waals surface area (Å²) in [6, 6.07) is 10.4. The van der Waals surface area contributed by atoms with E-state index in [1.807, 2.05) is 13.0 Å². The number of anilines is 1. The summed E-state index contributed by atoms with van der Waals surface area (Å²) in [4.78, 5) is 25.1. The van der Waals surface area contributed by atoms with E-state index < -0.39 is 0 Å². The molecule has 29 heavy (non-hydrogen) atoms. The predicted molar refractivity (Wildman–Crippen MR) is 117 cm³/mol. The van der Waals surface area contributed by atoms with Gasteiger partial charge in [0.05, 0.1) is 5.39 Å². The second-order valence-corrected chi connectivity index (χ2v) is 8.11. The summed E-state index contributed by atoms with van der Waals surface area (Å²) < 4.78 is 5.29. The van der Waals surface area contributed by atoms with Crippen molar-refractivity contribution in [2.24, 2.45) is 5.92 Å². The monoisotopic (exact) mass is 410 g/mol. The lowest BCUT2D eigenvalue weighted by Gasteiger charge is -2.32. The molecule has 3 heterocycles. The van der Waals surface area contributed by atoms with Crippen LogP contribution in [0.4, 0.5) is 5.82 Å². The lowest BCUT2D eigenvalue weighted by molar-refractivity contribution is -0.125. The molecule has 4 rings (SSSR count). The number of fused-ring (bicyclic) bond motifs is 1. The molecule has 1 saturated heterocycles. The molecular formula is C22H26N4O2S. The van der Waals surface area contributed by atoms with E-state index >= 15 is 0 Å². The van der Waals surface area contributed by atoms with Gasteiger partial charge in [0.25, 0.3) is 0 Å². The van der Waals surface area contributed by atoms with Gasteiger partial charge in [-0.15, -0.1) is 11.3 Å². The van der Waals surface area contributed by atoms with E-state index in [2.05, 4.69) is 39.9 Å². The minimum absolute atomic E-state index is 0.0815. The summed E-state index contributed by atoms with van der Waals surface area (Å²) in [5, 5.41) is 6.21. The van der Waals surface area contributed by atoms with Crippen molar-refractivity contribution in [2.45, 2.75) is 26.4 Å². The van der Waals surface area contributed by atoms with Gasteiger partial charge >= 0.3 is 0 Å². The summed E-state index contributed by atoms with van der Waals surface area (Å²) >= 11 is 1.64. The van der Waals surface area contributed by atoms with Gasteiger partial charge in [-0.25, -0.2) is 9.97 Å². The van der Waals surface area contributed by atoms with Gasteiger partial charge in [-0.05, 0) is 25.3 Å². The lowest BCUT2D eigenvalue weighted by Crippen LogP contribution is -2.41. The van der Waals surface area contributed by atoms with Crippen LogP contribution >= 0.6 is 11.3 Å². The third-order valence-electron chi connectivity index (χ3n) is 5.34. The molecule has 1 fully saturated rings. The van der Waals surface area contributed by atoms with Gasteiger partial charge < -0.3 is 15.0 Å². The molecule has 0 aliphatic carbocycles. The number of ether oxygens (including phenoxy) is 1. The standard InChI is InChI=1S/C22H26N4O2S/c1-3-23-21(27)16-9-11-26(12-10-16)20-19-17(15-7-5-4-6-8-15)14-29-22(19)25-18(24-20)13-28-2/h4-8,14,16H,3,9-13H2,1-2H3,(H,23,27). The number of amides is 1. The zero-order valence-electron chi connectivity index (χ0n) is 16.9. The summed E-state index contributed by atoms with van der Waals surface area (Å²) in [5.41, 5.74) is 2.33. The first kappa shape index (κ1) is 19.8. The zero-order valence-corrected chi connectivity index (χ0v) is 17.7. The average Bonchev–Trinajstić information content (AvgIpc) is 3.18. The topological polar surface area (TPSA) is 67.4 Å². The molecule has 0 atom stereocenters. The van der Waals surface area contributed by atoms with Crippen LogP contribution in [0.1, 0.15) is 25.6 Å². The Kier molecular flexibility index (Phi) is 6.06. The van der Waals surface area contributed by atoms with Crippen molar-refractivity contribution in [1.29, 1.82) is 0 Å². The number of benzene rings is 1. The number of nitrogens with one attached hydrogen (secondary N) is 1. The van der Waals surface area contributed by atoms with Crippen molar-refractivity contribution in [3.63, 3.8) is 0 Å². The van der Waals surface area contributed by atoms with Crippen LogP contribution in [0.15, 0.2) is 35.7 Å². The molecule has 1 N–H and O–H groups in total. The van der Waals surface area contributed by atoms with E-state index in [0.29, 0.717) is 19.0 Å². The zero-order chi connectivity index (χ0) is 20.2. The molecule has 1 amide bonds. The van der Waals surface area contributed by atoms with Crippen molar-refractivity contribution in [2.75, 3.05) is 31.6 Å². The fourth-order valence-corrected chi connectivity index (χ4v) is 4.85. The highest BCUT2D eigenvalue weighted by Crippen LogP contribution is 2.39. The Bertz CT molecular complexity index is 981. The van der Waals surface area contributed by atoms with Crippen LogP contribution < -0.4 is 10.2 Å². The highest BCUT2D eigenvalue weighted by molar-refractivity contribution is 7.17. The van der Waals surface area contributed by atoms with E-state index in [1.54, 1.807) is 18.4 Å². The van der Waals surface area contributed by atoms with E-state index in [-0.39, 0.29) is 11.8 Å². The molecule has 0 unspecified atom stereocenters. The Balaban J connectivity index is 1.70. The van der Waals surface area contributed by atoms with Gasteiger partial charge in [-0.1, -0.05) is 30.3 Å². The molecule has 1 aliphatic rings. The summed E-state index contributed by atoms with van der Waals surface area (Å²) in [7, 11) is 1.66. The second-order valence-electron chi connectivity index (χ2n) is 7.25. The van der Waals surface area contributed by atoms with Gasteiger partial charge in [-0.3, -0.25) is 4.79 Å². The van der Waals surface area contributed by atoms with Gasteiger partial charge in [0.2, 0.25) is 5.91 Å². The van der Waals surface area contributed by atoms with Crippen molar-refractivity contribution in [3.05, 3.63) is 41.5 Å². The molecule has 0 saturated carbocycles. The Morgan fingerprint density at radius 2 is 2.00 bits per heavy atom. The Morgan fingerprint density at radius 1 is 1.24 bits per heavy atom. The first-order chi connectivity index (χ1) is 14.2. The Labute approximate surface area is 174 Å². The fourth-order valence-electron chi connectivity index (χ4n) is 3.89. The largest absolute Gasteiger partial charge is 0.377 e. The number of carbonyl (C=O) groups excluding carboxylic acids is 1. The van der Waals surface area contributed by atoms with Crippen LogP contribution in [0.3, 0.4) is 0 Å². The van der Waals surface area contributed by atoms with Gasteiger partial charge in [-0.2, -0.15) is 0 Å². The highest BCUT2D eigenvalue weighted by Gasteiger charge is 2.27. The molecule has 0 bridgehead atoms. The fraction of sp³-hybridized carbons (Fsp3) is 0.409. The lowest BCUT2D eigenvalue weighted by atomic mass is 9.95. The van der Waals surface area contributed by atoms with E-state index in [9.17, 15) is 4.79 Å². The number of rotatable bonds is 6. The molecule has 1 aliphatic heterocycles. The quantitative estimate of drug-likeness (QED) is 0.668. The molecule has 0 radical (unpaired) electrons. The van der Waals surface area contributed by atoms with Crippen LogP contribution in [-0.4, -0.2) is 42.6 Å². The van der Waals surface area contributed by atoms with Crippen LogP contribution in [0.5, 0.6) is 0 Å². The molecule has 2 aromatic heterocycles. The number of thiophene rings is 1. The van der Waals surface area contributed by atoms with Crippen LogP contribution in [-0.2, 0) is 16.1 Å². The molecular weight excluding hydrogens is 384 g/mol. The third kappa shape index (κ3) is 4.11. The number of nitrogens with zero attached hydrogens (tertiary/aromatic N) is 3. The molecule has 1 aromatic carbocycles. The minimum atomic E-state index is 0.0815. The predicted octanol–water partition coefficient (Wildman–Crippen LogP) is 3.86. The smallest absolute Gasteiger partial charge is 0.223 e. The number of carbonyl (C=O) groups is 1. The van der Waals surface area contributed by atoms with Crippen LogP contribution in [0.2, 0.25) is 0 Å². The van der Waals surface area contributed by atoms with Crippen LogP contribution in [0, 0.1) is 5.92 Å². The average molecular weight is 411 g/mol. The minimum Gasteiger partial charge on any atom is -0.377 e. The first-order valence-electron chi connectivity index (χ1n) is 10.1. The van der Waals surface area contributed by atoms with Crippen molar-refractivity contribution < 1.29 is 9.53 Å². The molecule has 6 nitrogen and oxygen atoms in total. The number of methoxy groups -OCH3 is 1. The summed E-state index contributed by atoms with van der Waals surface area (Å²) in [6.45, 7) is 4.65. The molecule has 0 spiro atoms. The normalized spacial score (nSPS) is 15.0. The number of aromatic nitrogens is 2. The van der Waals surface area contributed by atoms with Crippen molar-refractivity contribution in [3.8, 4) is 11.1 Å². The van der Waals surface area contributed by atoms with E-state index in [4.69, 9.17) is 14.7 Å². The third-order valence-corrected chi connectivity index (χ3v) is 6.21. The maximum absolute atomic E-state index is 12.2. The summed E-state index contributed by atoms with van der Waals surface area (Å²) in [6.07, 6.45) is 1.67. The first-order valence-corrected chi connectivity index (χ1v) is 10.9. The highest BCUT2D eigenvalue weighted by atomic mass is 32.1. The van der Waals surface area contributed by atoms with Gasteiger partial charge in [0.1, 0.15) is 17.3 Å². The molecule has 152 valence electrons. The molecule has 7 heteroatoms. The number of hydrogen-bond donors (Lipinski definition) is 1. The summed E-state index contributed by atoms with van der Waals surface area (Å²) in [5.74, 6) is 1.90. The maximum Gasteiger partial charge on any atom is 0.223 e. The second kappa shape index (κ2) is 8.88. The SMILES string of the molecule is CCNC(=O)C1CCN(c2nc(COC)nc3scc(-c4ccccc4)c23)CC1. The van der Waals surface area contributed by atoms with Crippen molar-refractivity contribution >= 4 is 33.3 Å². The van der Waals surface area contributed by atoms with Gasteiger partial charge in [0.15, 0.2) is 5.82 Å². The molecule has 3 aromatic rings. The van der Waals surface area contributed by atoms with E-state index in [0.717, 1.165) is 47.5 Å². The Morgan fingerprint density at radius 3 is 2.69 bits per heavy atom. The van der Waals surface area contributed by atoms with Gasteiger partial charge in [0, 0.05) is 43.6 Å². The van der Waals surface area contributed by atoms with Crippen LogP contribution in [0.25, 0.3) is 21.3 Å². The Hall–Kier alpha value is -2.51. The number of hydrogen-bond acceptors (Lipinski definition) is 6.